The van der Waals surface area contributed by atoms with Crippen molar-refractivity contribution in [2.45, 2.75) is 45.6 Å². The van der Waals surface area contributed by atoms with Crippen molar-refractivity contribution < 1.29 is 4.79 Å². The van der Waals surface area contributed by atoms with Gasteiger partial charge in [0.25, 0.3) is 5.91 Å². The highest BCUT2D eigenvalue weighted by Crippen LogP contribution is 2.20. The van der Waals surface area contributed by atoms with Crippen molar-refractivity contribution in [3.63, 3.8) is 0 Å². The van der Waals surface area contributed by atoms with E-state index in [1.54, 1.807) is 0 Å². The number of nitrogens with one attached hydrogen (secondary N) is 1. The van der Waals surface area contributed by atoms with Crippen LogP contribution in [0.25, 0.3) is 0 Å². The van der Waals surface area contributed by atoms with Gasteiger partial charge < -0.3 is 9.88 Å². The molecule has 1 aliphatic rings. The minimum Gasteiger partial charge on any atom is -0.354 e. The van der Waals surface area contributed by atoms with Crippen molar-refractivity contribution in [2.75, 3.05) is 0 Å². The van der Waals surface area contributed by atoms with Gasteiger partial charge >= 0.3 is 0 Å². The Morgan fingerprint density at radius 1 is 1.44 bits per heavy atom. The maximum absolute atomic E-state index is 12.2. The van der Waals surface area contributed by atoms with Gasteiger partial charge in [-0.25, -0.2) is 0 Å². The van der Waals surface area contributed by atoms with Crippen LogP contribution in [0.3, 0.4) is 0 Å². The molecular weight excluding hydrogens is 224 g/mol. The molecule has 1 heterocycles. The molecule has 0 radical (unpaired) electrons. The number of hydrogen-bond donors (Lipinski definition) is 1. The quantitative estimate of drug-likeness (QED) is 0.817. The highest BCUT2D eigenvalue weighted by Gasteiger charge is 2.17. The summed E-state index contributed by atoms with van der Waals surface area (Å²) in [6.07, 6.45) is 9.01. The van der Waals surface area contributed by atoms with Gasteiger partial charge in [-0.3, -0.25) is 4.79 Å². The van der Waals surface area contributed by atoms with Gasteiger partial charge in [-0.1, -0.05) is 11.6 Å². The van der Waals surface area contributed by atoms with Crippen LogP contribution in [0.5, 0.6) is 0 Å². The zero-order chi connectivity index (χ0) is 13.1. The van der Waals surface area contributed by atoms with Crippen LogP contribution in [-0.2, 0) is 7.05 Å². The number of rotatable bonds is 3. The lowest BCUT2D eigenvalue weighted by atomic mass is 9.94. The van der Waals surface area contributed by atoms with Crippen LogP contribution in [0, 0.1) is 6.92 Å². The van der Waals surface area contributed by atoms with Crippen molar-refractivity contribution >= 4 is 5.91 Å². The summed E-state index contributed by atoms with van der Waals surface area (Å²) < 4.78 is 1.97. The molecule has 1 atom stereocenters. The number of carbonyl (C=O) groups excluding carboxylic acids is 1. The second-order valence-electron chi connectivity index (χ2n) is 5.15. The zero-order valence-corrected chi connectivity index (χ0v) is 11.5. The van der Waals surface area contributed by atoms with Crippen LogP contribution in [0.4, 0.5) is 0 Å². The molecule has 1 aromatic rings. The second-order valence-corrected chi connectivity index (χ2v) is 5.15. The van der Waals surface area contributed by atoms with Crippen LogP contribution >= 0.6 is 0 Å². The normalized spacial score (nSPS) is 17.2. The standard InChI is InChI=1S/C15H22N2O/c1-11(13-7-5-4-6-8-13)16-15(18)14-9-10-17(3)12(14)2/h7,9-11H,4-6,8H2,1-3H3,(H,16,18)/t11-/m1/s1. The molecule has 0 unspecified atom stereocenters. The maximum atomic E-state index is 12.2. The van der Waals surface area contributed by atoms with E-state index in [4.69, 9.17) is 0 Å². The lowest BCUT2D eigenvalue weighted by molar-refractivity contribution is 0.0944. The number of hydrogen-bond acceptors (Lipinski definition) is 1. The predicted octanol–water partition coefficient (Wildman–Crippen LogP) is 2.95. The van der Waals surface area contributed by atoms with Gasteiger partial charge in [0.1, 0.15) is 0 Å². The molecule has 0 fully saturated rings. The first-order chi connectivity index (χ1) is 8.59. The minimum absolute atomic E-state index is 0.0343. The third-order valence-corrected chi connectivity index (χ3v) is 3.86. The van der Waals surface area contributed by atoms with Gasteiger partial charge in [0.2, 0.25) is 0 Å². The fraction of sp³-hybridized carbons (Fsp3) is 0.533. The van der Waals surface area contributed by atoms with Gasteiger partial charge in [0, 0.05) is 25.0 Å². The third-order valence-electron chi connectivity index (χ3n) is 3.86. The van der Waals surface area contributed by atoms with Crippen LogP contribution < -0.4 is 5.32 Å². The van der Waals surface area contributed by atoms with Crippen molar-refractivity contribution in [3.05, 3.63) is 35.2 Å². The first kappa shape index (κ1) is 12.9. The molecule has 18 heavy (non-hydrogen) atoms. The van der Waals surface area contributed by atoms with Crippen LogP contribution in [0.2, 0.25) is 0 Å². The summed E-state index contributed by atoms with van der Waals surface area (Å²) in [5.74, 6) is 0.0343. The molecule has 98 valence electrons. The van der Waals surface area contributed by atoms with E-state index >= 15 is 0 Å². The van der Waals surface area contributed by atoms with Crippen LogP contribution in [-0.4, -0.2) is 16.5 Å². The molecule has 0 saturated carbocycles. The number of nitrogens with zero attached hydrogens (tertiary/aromatic N) is 1. The zero-order valence-electron chi connectivity index (χ0n) is 11.5. The molecule has 0 aromatic carbocycles. The fourth-order valence-electron chi connectivity index (χ4n) is 2.47. The Morgan fingerprint density at radius 2 is 2.22 bits per heavy atom. The molecule has 1 N–H and O–H groups in total. The summed E-state index contributed by atoms with van der Waals surface area (Å²) >= 11 is 0. The second kappa shape index (κ2) is 5.42. The molecule has 0 aliphatic heterocycles. The highest BCUT2D eigenvalue weighted by atomic mass is 16.1. The average molecular weight is 246 g/mol. The summed E-state index contributed by atoms with van der Waals surface area (Å²) in [5, 5.41) is 3.10. The van der Waals surface area contributed by atoms with Crippen LogP contribution in [0.1, 0.15) is 48.7 Å². The monoisotopic (exact) mass is 246 g/mol. The van der Waals surface area contributed by atoms with Crippen LogP contribution in [0.15, 0.2) is 23.9 Å². The lowest BCUT2D eigenvalue weighted by Gasteiger charge is -2.20. The Labute approximate surface area is 109 Å². The van der Waals surface area contributed by atoms with E-state index in [1.165, 1.54) is 18.4 Å². The topological polar surface area (TPSA) is 34.0 Å². The SMILES string of the molecule is Cc1c(C(=O)N[C@H](C)C2=CCCCC2)ccn1C. The van der Waals surface area contributed by atoms with E-state index in [0.29, 0.717) is 0 Å². The smallest absolute Gasteiger partial charge is 0.253 e. The molecule has 0 spiro atoms. The minimum atomic E-state index is 0.0343. The first-order valence-corrected chi connectivity index (χ1v) is 6.71. The van der Waals surface area contributed by atoms with Crippen molar-refractivity contribution in [2.24, 2.45) is 7.05 Å². The predicted molar refractivity (Wildman–Crippen MR) is 73.6 cm³/mol. The van der Waals surface area contributed by atoms with Gasteiger partial charge in [-0.05, 0) is 45.6 Å². The van der Waals surface area contributed by atoms with E-state index in [9.17, 15) is 4.79 Å². The molecule has 3 heteroatoms. The molecule has 1 aliphatic carbocycles. The molecule has 1 amide bonds. The van der Waals surface area contributed by atoms with Gasteiger partial charge in [-0.2, -0.15) is 0 Å². The van der Waals surface area contributed by atoms with E-state index in [2.05, 4.69) is 18.3 Å². The summed E-state index contributed by atoms with van der Waals surface area (Å²) in [5.41, 5.74) is 3.17. The average Bonchev–Trinajstić information content (AvgIpc) is 2.71. The first-order valence-electron chi connectivity index (χ1n) is 6.71. The Balaban J connectivity index is 2.03. The molecule has 0 saturated heterocycles. The van der Waals surface area contributed by atoms with E-state index < -0.39 is 0 Å². The van der Waals surface area contributed by atoms with Crippen molar-refractivity contribution in [1.82, 2.24) is 9.88 Å². The van der Waals surface area contributed by atoms with E-state index in [-0.39, 0.29) is 11.9 Å². The Hall–Kier alpha value is -1.51. The van der Waals surface area contributed by atoms with Gasteiger partial charge in [0.15, 0.2) is 0 Å². The summed E-state index contributed by atoms with van der Waals surface area (Å²) in [6.45, 7) is 4.05. The summed E-state index contributed by atoms with van der Waals surface area (Å²) in [6, 6.07) is 2.03. The number of aryl methyl sites for hydroxylation is 1. The number of carbonyl (C=O) groups is 1. The molecular formula is C15H22N2O. The van der Waals surface area contributed by atoms with Gasteiger partial charge in [0.05, 0.1) is 5.56 Å². The lowest BCUT2D eigenvalue weighted by Crippen LogP contribution is -2.34. The Bertz CT molecular complexity index is 471. The van der Waals surface area contributed by atoms with Crippen molar-refractivity contribution in [3.8, 4) is 0 Å². The molecule has 1 aromatic heterocycles. The number of amides is 1. The fourth-order valence-corrected chi connectivity index (χ4v) is 2.47. The Morgan fingerprint density at radius 3 is 2.78 bits per heavy atom. The maximum Gasteiger partial charge on any atom is 0.253 e. The molecule has 3 nitrogen and oxygen atoms in total. The number of aromatic nitrogens is 1. The molecule has 0 bridgehead atoms. The largest absolute Gasteiger partial charge is 0.354 e. The highest BCUT2D eigenvalue weighted by molar-refractivity contribution is 5.95. The summed E-state index contributed by atoms with van der Waals surface area (Å²) in [4.78, 5) is 12.2. The third kappa shape index (κ3) is 2.66. The van der Waals surface area contributed by atoms with Gasteiger partial charge in [-0.15, -0.1) is 0 Å². The molecule has 2 rings (SSSR count). The van der Waals surface area contributed by atoms with Crippen molar-refractivity contribution in [1.29, 1.82) is 0 Å². The van der Waals surface area contributed by atoms with E-state index in [1.807, 2.05) is 30.8 Å². The van der Waals surface area contributed by atoms with E-state index in [0.717, 1.165) is 24.1 Å². The Kier molecular flexibility index (Phi) is 3.90. The summed E-state index contributed by atoms with van der Waals surface area (Å²) in [7, 11) is 1.96. The number of allylic oxidation sites excluding steroid dienone is 1.